The Morgan fingerprint density at radius 2 is 1.03 bits per heavy atom. The molecule has 0 bridgehead atoms. The fourth-order valence-electron chi connectivity index (χ4n) is 14.1. The maximum Gasteiger partial charge on any atom is 0.391 e. The minimum atomic E-state index is -4.33. The van der Waals surface area contributed by atoms with Gasteiger partial charge in [0, 0.05) is 68.3 Å². The summed E-state index contributed by atoms with van der Waals surface area (Å²) in [5, 5.41) is 8.59. The van der Waals surface area contributed by atoms with E-state index in [0.717, 1.165) is 74.0 Å². The second-order valence-corrected chi connectivity index (χ2v) is 28.0. The summed E-state index contributed by atoms with van der Waals surface area (Å²) < 4.78 is 41.4. The van der Waals surface area contributed by atoms with Gasteiger partial charge in [0.15, 0.2) is 0 Å². The molecule has 25 heteroatoms. The van der Waals surface area contributed by atoms with Gasteiger partial charge >= 0.3 is 6.18 Å². The van der Waals surface area contributed by atoms with Crippen LogP contribution in [-0.4, -0.2) is 234 Å². The number of amides is 11. The summed E-state index contributed by atoms with van der Waals surface area (Å²) in [4.78, 5) is 170. The highest BCUT2D eigenvalue weighted by Gasteiger charge is 2.46. The van der Waals surface area contributed by atoms with Crippen LogP contribution in [0.3, 0.4) is 0 Å². The molecule has 5 fully saturated rings. The number of halogens is 3. The van der Waals surface area contributed by atoms with Crippen molar-refractivity contribution >= 4 is 65.0 Å². The summed E-state index contributed by atoms with van der Waals surface area (Å²) >= 11 is 0. The van der Waals surface area contributed by atoms with Crippen molar-refractivity contribution in [2.24, 2.45) is 35.5 Å². The fourth-order valence-corrected chi connectivity index (χ4v) is 14.1. The van der Waals surface area contributed by atoms with Crippen molar-refractivity contribution < 1.29 is 65.9 Å². The Bertz CT molecular complexity index is 2520. The van der Waals surface area contributed by atoms with Gasteiger partial charge in [-0.2, -0.15) is 13.2 Å². The zero-order valence-corrected chi connectivity index (χ0v) is 56.9. The van der Waals surface area contributed by atoms with Crippen LogP contribution in [0.4, 0.5) is 13.2 Å². The van der Waals surface area contributed by atoms with E-state index in [4.69, 9.17) is 0 Å². The van der Waals surface area contributed by atoms with Crippen LogP contribution in [0.25, 0.3) is 0 Å². The molecule has 0 aromatic heterocycles. The van der Waals surface area contributed by atoms with Gasteiger partial charge in [0.2, 0.25) is 65.0 Å². The number of carbonyl (C=O) groups excluding carboxylic acids is 11. The third-order valence-electron chi connectivity index (χ3n) is 20.6. The van der Waals surface area contributed by atoms with E-state index in [9.17, 15) is 51.5 Å². The molecule has 3 saturated carbocycles. The zero-order valence-electron chi connectivity index (χ0n) is 56.9. The van der Waals surface area contributed by atoms with E-state index in [1.807, 2.05) is 20.8 Å². The first-order valence-corrected chi connectivity index (χ1v) is 33.8. The van der Waals surface area contributed by atoms with Gasteiger partial charge in [-0.05, 0) is 114 Å². The standard InChI is InChI=1S/C66H110F3N11O11/c1-14-42(4)58-65(91)75(9)39-56(83)73(7)40-57(84)77(11)52(36-46-22-17-15-18-23-46)62(88)74(8)38-54(81)71-49(32-29-45-27-30-48(31-28-45)66(67,68)69)61(87)80-33-21-26-50(80)63(89)79(13)53(37-47-24-19-16-20-25-47)64(90)78(12)51(34-41(2)3)60(86)70-43(5)35-55(82)76(10)44(6)59(85)72-58/h41-53,58H,14-40H2,1-13H3,(H,70,86)(H,71,81)(H,72,85)/t42-,43+,44-,45?,48?,49-,50-,51-,52-,53-,58-/m0/s1. The number of alkyl halides is 3. The maximum atomic E-state index is 15.3. The second kappa shape index (κ2) is 34.7. The summed E-state index contributed by atoms with van der Waals surface area (Å²) in [6.45, 7) is 9.18. The monoisotopic (exact) mass is 1290 g/mol. The Morgan fingerprint density at radius 1 is 0.495 bits per heavy atom. The predicted molar refractivity (Wildman–Crippen MR) is 338 cm³/mol. The van der Waals surface area contributed by atoms with Crippen molar-refractivity contribution in [1.29, 1.82) is 0 Å². The van der Waals surface area contributed by atoms with E-state index >= 15 is 14.4 Å². The van der Waals surface area contributed by atoms with Crippen LogP contribution in [0, 0.1) is 35.5 Å². The number of rotatable bonds is 11. The summed E-state index contributed by atoms with van der Waals surface area (Å²) in [6, 6.07) is -8.50. The molecule has 5 rings (SSSR count). The third-order valence-corrected chi connectivity index (χ3v) is 20.6. The molecule has 2 saturated heterocycles. The van der Waals surface area contributed by atoms with E-state index in [0.29, 0.717) is 19.3 Å². The molecule has 22 nitrogen and oxygen atoms in total. The van der Waals surface area contributed by atoms with E-state index in [1.54, 1.807) is 13.8 Å². The normalized spacial score (nSPS) is 29.6. The first-order chi connectivity index (χ1) is 42.7. The van der Waals surface area contributed by atoms with E-state index in [1.165, 1.54) is 85.7 Å². The lowest BCUT2D eigenvalue weighted by molar-refractivity contribution is -0.184. The van der Waals surface area contributed by atoms with Crippen molar-refractivity contribution in [2.75, 3.05) is 75.5 Å². The van der Waals surface area contributed by atoms with Crippen molar-refractivity contribution in [3.63, 3.8) is 0 Å². The fraction of sp³-hybridized carbons (Fsp3) is 0.833. The maximum absolute atomic E-state index is 15.3. The molecule has 516 valence electrons. The largest absolute Gasteiger partial charge is 0.391 e. The molecule has 11 amide bonds. The van der Waals surface area contributed by atoms with Gasteiger partial charge < -0.3 is 55.1 Å². The highest BCUT2D eigenvalue weighted by molar-refractivity contribution is 5.98. The molecule has 0 radical (unpaired) electrons. The molecule has 5 aliphatic rings. The number of fused-ring (bicyclic) bond motifs is 1. The summed E-state index contributed by atoms with van der Waals surface area (Å²) in [7, 11) is 10.2. The number of nitrogens with one attached hydrogen (secondary N) is 3. The second-order valence-electron chi connectivity index (χ2n) is 28.0. The van der Waals surface area contributed by atoms with Crippen molar-refractivity contribution in [1.82, 2.24) is 55.1 Å². The third kappa shape index (κ3) is 21.2. The molecule has 3 N–H and O–H groups in total. The molecule has 0 spiro atoms. The zero-order chi connectivity index (χ0) is 67.8. The van der Waals surface area contributed by atoms with Gasteiger partial charge in [0.1, 0.15) is 42.3 Å². The van der Waals surface area contributed by atoms with Gasteiger partial charge in [0.25, 0.3) is 0 Å². The van der Waals surface area contributed by atoms with Gasteiger partial charge in [-0.15, -0.1) is 0 Å². The molecular weight excluding hydrogens is 1180 g/mol. The van der Waals surface area contributed by atoms with Crippen molar-refractivity contribution in [3.05, 3.63) is 0 Å². The summed E-state index contributed by atoms with van der Waals surface area (Å²) in [6.07, 6.45) is 7.05. The van der Waals surface area contributed by atoms with Crippen LogP contribution in [-0.2, 0) is 52.7 Å². The smallest absolute Gasteiger partial charge is 0.351 e. The Kier molecular flexibility index (Phi) is 28.9. The molecule has 3 aliphatic carbocycles. The Labute approximate surface area is 538 Å². The van der Waals surface area contributed by atoms with Gasteiger partial charge in [0.05, 0.1) is 25.6 Å². The van der Waals surface area contributed by atoms with Gasteiger partial charge in [-0.25, -0.2) is 0 Å². The molecular formula is C66H110F3N11O11. The summed E-state index contributed by atoms with van der Waals surface area (Å²) in [5.41, 5.74) is 0. The minimum absolute atomic E-state index is 0.0269. The first-order valence-electron chi connectivity index (χ1n) is 33.8. The molecule has 0 aromatic carbocycles. The molecule has 0 aromatic rings. The van der Waals surface area contributed by atoms with Gasteiger partial charge in [-0.1, -0.05) is 98.3 Å². The Hall–Kier alpha value is -6.04. The van der Waals surface area contributed by atoms with Crippen LogP contribution in [0.5, 0.6) is 0 Å². The van der Waals surface area contributed by atoms with Crippen LogP contribution in [0.15, 0.2) is 0 Å². The van der Waals surface area contributed by atoms with Crippen LogP contribution >= 0.6 is 0 Å². The number of hydrogen-bond acceptors (Lipinski definition) is 11. The summed E-state index contributed by atoms with van der Waals surface area (Å²) in [5.74, 6) is -8.36. The first kappa shape index (κ1) is 75.7. The number of carbonyl (C=O) groups is 11. The topological polar surface area (TPSA) is 250 Å². The molecule has 0 unspecified atom stereocenters. The van der Waals surface area contributed by atoms with E-state index < -0.39 is 151 Å². The predicted octanol–water partition coefficient (Wildman–Crippen LogP) is 5.74. The molecule has 91 heavy (non-hydrogen) atoms. The Balaban J connectivity index is 1.54. The van der Waals surface area contributed by atoms with Crippen molar-refractivity contribution in [3.8, 4) is 0 Å². The average molecular weight is 1290 g/mol. The highest BCUT2D eigenvalue weighted by atomic mass is 19.4. The molecule has 2 heterocycles. The van der Waals surface area contributed by atoms with E-state index in [-0.39, 0.29) is 94.4 Å². The van der Waals surface area contributed by atoms with E-state index in [2.05, 4.69) is 16.0 Å². The highest BCUT2D eigenvalue weighted by Crippen LogP contribution is 2.41. The number of likely N-dealkylation sites (N-methyl/N-ethyl adjacent to an activating group) is 7. The van der Waals surface area contributed by atoms with Crippen molar-refractivity contribution in [2.45, 2.75) is 244 Å². The molecule has 2 aliphatic heterocycles. The SMILES string of the molecule is CC[C@H](C)[C@@H]1NC(=O)[C@H](C)N(C)C(=O)C[C@@H](C)NC(=O)[C@H](CC(C)C)N(C)C(=O)[C@H](CC2CCCCC2)N(C)C(=O)[C@@H]2CCCN2C(=O)[C@H](CCC2CCC(C(F)(F)F)CC2)NC(=O)CN(C)C(=O)[C@H](CC2CCCCC2)N(C)C(=O)CN(C)C(=O)CN(C)C1=O. The van der Waals surface area contributed by atoms with Crippen LogP contribution < -0.4 is 16.0 Å². The van der Waals surface area contributed by atoms with Crippen LogP contribution in [0.1, 0.15) is 189 Å². The average Bonchev–Trinajstić information content (AvgIpc) is 1.82. The molecule has 9 atom stereocenters. The van der Waals surface area contributed by atoms with Crippen LogP contribution in [0.2, 0.25) is 0 Å². The Morgan fingerprint density at radius 3 is 1.58 bits per heavy atom. The quantitative estimate of drug-likeness (QED) is 0.225. The minimum Gasteiger partial charge on any atom is -0.351 e. The number of hydrogen-bond donors (Lipinski definition) is 3. The lowest BCUT2D eigenvalue weighted by atomic mass is 9.79. The lowest BCUT2D eigenvalue weighted by Crippen LogP contribution is -2.59. The number of nitrogens with zero attached hydrogens (tertiary/aromatic N) is 8. The lowest BCUT2D eigenvalue weighted by Gasteiger charge is -2.39. The van der Waals surface area contributed by atoms with Gasteiger partial charge in [-0.3, -0.25) is 52.7 Å².